The molecule has 0 saturated heterocycles. The zero-order valence-electron chi connectivity index (χ0n) is 12.8. The Bertz CT molecular complexity index is 382. The number of rotatable bonds is 3. The standard InChI is InChI=1S/C15H27NOSi/c1-11(16-14(17)15(2,3)4)12-9-8-10-13(12)18(5,6)7/h8-12H,1-7H3,(H,16,17). The van der Waals surface area contributed by atoms with Gasteiger partial charge in [0.05, 0.1) is 8.07 Å². The van der Waals surface area contributed by atoms with Crippen molar-refractivity contribution in [3.05, 3.63) is 23.4 Å². The van der Waals surface area contributed by atoms with Crippen molar-refractivity contribution in [1.82, 2.24) is 5.32 Å². The molecule has 1 N–H and O–H groups in total. The highest BCUT2D eigenvalue weighted by Crippen LogP contribution is 2.31. The maximum Gasteiger partial charge on any atom is 0.225 e. The van der Waals surface area contributed by atoms with Crippen molar-refractivity contribution < 1.29 is 4.79 Å². The van der Waals surface area contributed by atoms with E-state index in [0.29, 0.717) is 5.92 Å². The lowest BCUT2D eigenvalue weighted by molar-refractivity contribution is -0.129. The predicted molar refractivity (Wildman–Crippen MR) is 81.1 cm³/mol. The molecular formula is C15H27NOSi. The van der Waals surface area contributed by atoms with E-state index in [2.05, 4.69) is 50.1 Å². The molecule has 18 heavy (non-hydrogen) atoms. The van der Waals surface area contributed by atoms with Crippen molar-refractivity contribution in [1.29, 1.82) is 0 Å². The fourth-order valence-corrected chi connectivity index (χ4v) is 4.14. The molecule has 0 spiro atoms. The highest BCUT2D eigenvalue weighted by Gasteiger charge is 2.32. The van der Waals surface area contributed by atoms with Crippen LogP contribution in [-0.2, 0) is 4.79 Å². The van der Waals surface area contributed by atoms with Crippen LogP contribution in [0.25, 0.3) is 0 Å². The molecule has 1 rings (SSSR count). The number of carbonyl (C=O) groups is 1. The van der Waals surface area contributed by atoms with Crippen LogP contribution in [-0.4, -0.2) is 20.0 Å². The molecule has 3 heteroatoms. The molecule has 0 bridgehead atoms. The van der Waals surface area contributed by atoms with Crippen LogP contribution in [0.3, 0.4) is 0 Å². The van der Waals surface area contributed by atoms with Gasteiger partial charge in [-0.15, -0.1) is 0 Å². The molecule has 102 valence electrons. The zero-order valence-corrected chi connectivity index (χ0v) is 13.8. The van der Waals surface area contributed by atoms with Crippen molar-refractivity contribution in [2.45, 2.75) is 53.4 Å². The van der Waals surface area contributed by atoms with Gasteiger partial charge >= 0.3 is 0 Å². The predicted octanol–water partition coefficient (Wildman–Crippen LogP) is 3.53. The minimum atomic E-state index is -1.30. The van der Waals surface area contributed by atoms with Crippen molar-refractivity contribution in [2.75, 3.05) is 0 Å². The second-order valence-corrected chi connectivity index (χ2v) is 12.4. The van der Waals surface area contributed by atoms with E-state index in [1.165, 1.54) is 5.20 Å². The topological polar surface area (TPSA) is 29.1 Å². The first kappa shape index (κ1) is 15.2. The molecule has 1 aliphatic carbocycles. The van der Waals surface area contributed by atoms with E-state index in [1.807, 2.05) is 20.8 Å². The Kier molecular flexibility index (Phi) is 4.26. The first-order chi connectivity index (χ1) is 8.03. The molecule has 0 aromatic rings. The van der Waals surface area contributed by atoms with Gasteiger partial charge in [0.15, 0.2) is 0 Å². The van der Waals surface area contributed by atoms with E-state index in [1.54, 1.807) is 0 Å². The summed E-state index contributed by atoms with van der Waals surface area (Å²) in [4.78, 5) is 12.0. The van der Waals surface area contributed by atoms with Crippen LogP contribution in [0.1, 0.15) is 27.7 Å². The fourth-order valence-electron chi connectivity index (χ4n) is 2.19. The molecule has 0 aromatic carbocycles. The lowest BCUT2D eigenvalue weighted by Gasteiger charge is -2.31. The molecule has 0 saturated carbocycles. The maximum atomic E-state index is 12.0. The van der Waals surface area contributed by atoms with E-state index in [4.69, 9.17) is 0 Å². The van der Waals surface area contributed by atoms with Crippen molar-refractivity contribution >= 4 is 14.0 Å². The number of carbonyl (C=O) groups excluding carboxylic acids is 1. The Morgan fingerprint density at radius 2 is 1.89 bits per heavy atom. The largest absolute Gasteiger partial charge is 0.352 e. The lowest BCUT2D eigenvalue weighted by Crippen LogP contribution is -2.45. The molecule has 1 amide bonds. The van der Waals surface area contributed by atoms with Crippen molar-refractivity contribution in [2.24, 2.45) is 11.3 Å². The van der Waals surface area contributed by atoms with Crippen LogP contribution < -0.4 is 5.32 Å². The normalized spacial score (nSPS) is 21.7. The SMILES string of the molecule is CC(NC(=O)C(C)(C)C)C1C=CC=C1[Si](C)(C)C. The molecule has 0 aromatic heterocycles. The molecule has 0 heterocycles. The summed E-state index contributed by atoms with van der Waals surface area (Å²) in [7, 11) is -1.30. The quantitative estimate of drug-likeness (QED) is 0.777. The summed E-state index contributed by atoms with van der Waals surface area (Å²) in [6.07, 6.45) is 6.61. The molecule has 0 radical (unpaired) electrons. The summed E-state index contributed by atoms with van der Waals surface area (Å²) in [5, 5.41) is 4.69. The molecule has 2 atom stereocenters. The minimum absolute atomic E-state index is 0.130. The van der Waals surface area contributed by atoms with Gasteiger partial charge in [-0.25, -0.2) is 0 Å². The van der Waals surface area contributed by atoms with Gasteiger partial charge in [0.2, 0.25) is 5.91 Å². The third-order valence-corrected chi connectivity index (χ3v) is 5.63. The summed E-state index contributed by atoms with van der Waals surface area (Å²) >= 11 is 0. The molecule has 2 unspecified atom stereocenters. The molecule has 0 aliphatic heterocycles. The van der Waals surface area contributed by atoms with Gasteiger partial charge in [0.25, 0.3) is 0 Å². The zero-order chi connectivity index (χ0) is 14.1. The van der Waals surface area contributed by atoms with Gasteiger partial charge in [-0.1, -0.05) is 63.8 Å². The van der Waals surface area contributed by atoms with Crippen LogP contribution >= 0.6 is 0 Å². The Morgan fingerprint density at radius 1 is 1.33 bits per heavy atom. The van der Waals surface area contributed by atoms with E-state index in [-0.39, 0.29) is 17.4 Å². The molecule has 0 fully saturated rings. The second-order valence-electron chi connectivity index (χ2n) is 7.29. The van der Waals surface area contributed by atoms with Crippen molar-refractivity contribution in [3.8, 4) is 0 Å². The van der Waals surface area contributed by atoms with Crippen molar-refractivity contribution in [3.63, 3.8) is 0 Å². The number of nitrogens with one attached hydrogen (secondary N) is 1. The number of allylic oxidation sites excluding steroid dienone is 2. The van der Waals surface area contributed by atoms with E-state index < -0.39 is 8.07 Å². The first-order valence-corrected chi connectivity index (χ1v) is 10.2. The average Bonchev–Trinajstić information content (AvgIpc) is 2.63. The summed E-state index contributed by atoms with van der Waals surface area (Å²) in [6, 6.07) is 0.174. The summed E-state index contributed by atoms with van der Waals surface area (Å²) in [6.45, 7) is 15.0. The van der Waals surface area contributed by atoms with E-state index in [0.717, 1.165) is 0 Å². The van der Waals surface area contributed by atoms with Gasteiger partial charge in [0.1, 0.15) is 0 Å². The second kappa shape index (κ2) is 5.04. The third kappa shape index (κ3) is 3.58. The summed E-state index contributed by atoms with van der Waals surface area (Å²) in [5.41, 5.74) is -0.320. The molecule has 1 aliphatic rings. The number of amides is 1. The summed E-state index contributed by atoms with van der Waals surface area (Å²) in [5.74, 6) is 0.508. The fraction of sp³-hybridized carbons (Fsp3) is 0.667. The van der Waals surface area contributed by atoms with Gasteiger partial charge in [-0.3, -0.25) is 4.79 Å². The van der Waals surface area contributed by atoms with Crippen LogP contribution in [0.4, 0.5) is 0 Å². The minimum Gasteiger partial charge on any atom is -0.352 e. The number of hydrogen-bond acceptors (Lipinski definition) is 1. The van der Waals surface area contributed by atoms with Gasteiger partial charge < -0.3 is 5.32 Å². The van der Waals surface area contributed by atoms with Crippen LogP contribution in [0, 0.1) is 11.3 Å². The highest BCUT2D eigenvalue weighted by molar-refractivity contribution is 6.83. The molecule has 2 nitrogen and oxygen atoms in total. The number of hydrogen-bond donors (Lipinski definition) is 1. The lowest BCUT2D eigenvalue weighted by atomic mass is 9.94. The Labute approximate surface area is 113 Å². The van der Waals surface area contributed by atoms with Crippen LogP contribution in [0.5, 0.6) is 0 Å². The monoisotopic (exact) mass is 265 g/mol. The Morgan fingerprint density at radius 3 is 2.33 bits per heavy atom. The van der Waals surface area contributed by atoms with E-state index >= 15 is 0 Å². The average molecular weight is 265 g/mol. The van der Waals surface area contributed by atoms with Gasteiger partial charge in [-0.05, 0) is 6.92 Å². The van der Waals surface area contributed by atoms with Crippen LogP contribution in [0.2, 0.25) is 19.6 Å². The Hall–Kier alpha value is -0.833. The van der Waals surface area contributed by atoms with E-state index in [9.17, 15) is 4.79 Å². The third-order valence-electron chi connectivity index (χ3n) is 3.40. The molecular weight excluding hydrogens is 238 g/mol. The highest BCUT2D eigenvalue weighted by atomic mass is 28.3. The van der Waals surface area contributed by atoms with Crippen LogP contribution in [0.15, 0.2) is 23.4 Å². The maximum absolute atomic E-state index is 12.0. The van der Waals surface area contributed by atoms with Gasteiger partial charge in [-0.2, -0.15) is 0 Å². The van der Waals surface area contributed by atoms with Gasteiger partial charge in [0, 0.05) is 17.4 Å². The smallest absolute Gasteiger partial charge is 0.225 e. The Balaban J connectivity index is 2.75. The summed E-state index contributed by atoms with van der Waals surface area (Å²) < 4.78 is 0. The first-order valence-electron chi connectivity index (χ1n) is 6.73.